The van der Waals surface area contributed by atoms with E-state index < -0.39 is 7.92 Å². The smallest absolute Gasteiger partial charge is 0.0314 e. The summed E-state index contributed by atoms with van der Waals surface area (Å²) in [5, 5.41) is 4.20. The zero-order valence-electron chi connectivity index (χ0n) is 16.6. The Morgan fingerprint density at radius 1 is 0.815 bits per heavy atom. The van der Waals surface area contributed by atoms with Gasteiger partial charge in [0, 0.05) is 6.04 Å². The minimum absolute atomic E-state index is 0.406. The first-order valence-electron chi connectivity index (χ1n) is 9.41. The van der Waals surface area contributed by atoms with Crippen LogP contribution in [0.15, 0.2) is 90.2 Å². The number of allylic oxidation sites excluding steroid dienone is 1. The molecule has 0 aliphatic heterocycles. The summed E-state index contributed by atoms with van der Waals surface area (Å²) in [6, 6.07) is 31.1. The highest BCUT2D eigenvalue weighted by molar-refractivity contribution is 7.76. The van der Waals surface area contributed by atoms with Gasteiger partial charge in [-0.2, -0.15) is 0 Å². The van der Waals surface area contributed by atoms with Crippen molar-refractivity contribution in [2.45, 2.75) is 19.9 Å². The van der Waals surface area contributed by atoms with Gasteiger partial charge in [0.05, 0.1) is 0 Å². The lowest BCUT2D eigenvalue weighted by Gasteiger charge is -2.21. The van der Waals surface area contributed by atoms with Crippen LogP contribution in [0, 0.1) is 0 Å². The molecule has 0 saturated heterocycles. The number of hydrogen-bond acceptors (Lipinski definition) is 1. The van der Waals surface area contributed by atoms with Crippen LogP contribution in [0.1, 0.15) is 31.0 Å². The molecule has 0 spiro atoms. The molecule has 0 bridgehead atoms. The van der Waals surface area contributed by atoms with Crippen molar-refractivity contribution in [3.05, 3.63) is 101 Å². The van der Waals surface area contributed by atoms with Crippen LogP contribution in [0.25, 0.3) is 6.08 Å². The van der Waals surface area contributed by atoms with Crippen LogP contribution in [0.4, 0.5) is 0 Å². The molecule has 0 heterocycles. The molecule has 3 aromatic rings. The minimum atomic E-state index is -0.522. The number of benzene rings is 3. The summed E-state index contributed by atoms with van der Waals surface area (Å²) in [5.41, 5.74) is 2.63. The van der Waals surface area contributed by atoms with Gasteiger partial charge >= 0.3 is 0 Å². The largest absolute Gasteiger partial charge is 0.303 e. The fourth-order valence-corrected chi connectivity index (χ4v) is 5.55. The second-order valence-corrected chi connectivity index (χ2v) is 9.51. The Labute approximate surface area is 165 Å². The van der Waals surface area contributed by atoms with Gasteiger partial charge in [0.1, 0.15) is 0 Å². The predicted molar refractivity (Wildman–Crippen MR) is 121 cm³/mol. The van der Waals surface area contributed by atoms with Crippen molar-refractivity contribution in [2.24, 2.45) is 0 Å². The van der Waals surface area contributed by atoms with Gasteiger partial charge in [-0.05, 0) is 62.9 Å². The van der Waals surface area contributed by atoms with Gasteiger partial charge in [0.25, 0.3) is 0 Å². The van der Waals surface area contributed by atoms with E-state index in [0.29, 0.717) is 6.04 Å². The van der Waals surface area contributed by atoms with Crippen LogP contribution in [-0.4, -0.2) is 19.0 Å². The molecule has 0 N–H and O–H groups in total. The molecule has 27 heavy (non-hydrogen) atoms. The van der Waals surface area contributed by atoms with Crippen molar-refractivity contribution < 1.29 is 0 Å². The summed E-state index contributed by atoms with van der Waals surface area (Å²) in [5.74, 6) is 0. The van der Waals surface area contributed by atoms with Gasteiger partial charge in [-0.3, -0.25) is 0 Å². The monoisotopic (exact) mass is 373 g/mol. The maximum Gasteiger partial charge on any atom is 0.0314 e. The normalized spacial score (nSPS) is 13.2. The molecule has 0 fully saturated rings. The average molecular weight is 373 g/mol. The lowest BCUT2D eigenvalue weighted by Crippen LogP contribution is -2.16. The van der Waals surface area contributed by atoms with E-state index in [1.54, 1.807) is 0 Å². The van der Waals surface area contributed by atoms with Gasteiger partial charge in [0.15, 0.2) is 0 Å². The van der Waals surface area contributed by atoms with Gasteiger partial charge in [-0.25, -0.2) is 0 Å². The van der Waals surface area contributed by atoms with Crippen molar-refractivity contribution in [2.75, 3.05) is 14.1 Å². The molecule has 1 atom stereocenters. The first kappa shape index (κ1) is 19.5. The van der Waals surface area contributed by atoms with Crippen LogP contribution in [-0.2, 0) is 0 Å². The van der Waals surface area contributed by atoms with Crippen molar-refractivity contribution in [1.29, 1.82) is 0 Å². The summed E-state index contributed by atoms with van der Waals surface area (Å²) in [4.78, 5) is 2.25. The predicted octanol–water partition coefficient (Wildman–Crippen LogP) is 5.80. The van der Waals surface area contributed by atoms with Gasteiger partial charge in [0.2, 0.25) is 0 Å². The van der Waals surface area contributed by atoms with E-state index in [4.69, 9.17) is 0 Å². The van der Waals surface area contributed by atoms with Crippen LogP contribution >= 0.6 is 7.92 Å². The van der Waals surface area contributed by atoms with Gasteiger partial charge < -0.3 is 4.90 Å². The Morgan fingerprint density at radius 3 is 1.89 bits per heavy atom. The van der Waals surface area contributed by atoms with E-state index in [-0.39, 0.29) is 0 Å². The van der Waals surface area contributed by atoms with Gasteiger partial charge in [-0.15, -0.1) is 0 Å². The lowest BCUT2D eigenvalue weighted by atomic mass is 10.0. The average Bonchev–Trinajstić information content (AvgIpc) is 2.69. The van der Waals surface area contributed by atoms with Crippen molar-refractivity contribution in [3.8, 4) is 0 Å². The van der Waals surface area contributed by atoms with Crippen LogP contribution in [0.3, 0.4) is 0 Å². The highest BCUT2D eigenvalue weighted by atomic mass is 31.1. The summed E-state index contributed by atoms with van der Waals surface area (Å²) in [6.07, 6.45) is 2.36. The number of hydrogen-bond donors (Lipinski definition) is 0. The molecular formula is C25H28NP. The van der Waals surface area contributed by atoms with Crippen LogP contribution in [0.2, 0.25) is 0 Å². The maximum atomic E-state index is 2.36. The summed E-state index contributed by atoms with van der Waals surface area (Å²) < 4.78 is 0. The molecule has 2 heteroatoms. The fourth-order valence-electron chi connectivity index (χ4n) is 3.22. The van der Waals surface area contributed by atoms with E-state index in [9.17, 15) is 0 Å². The molecule has 0 amide bonds. The van der Waals surface area contributed by atoms with Crippen LogP contribution < -0.4 is 10.6 Å². The molecule has 3 rings (SSSR count). The lowest BCUT2D eigenvalue weighted by molar-refractivity contribution is 0.321. The van der Waals surface area contributed by atoms with E-state index in [0.717, 1.165) is 0 Å². The van der Waals surface area contributed by atoms with E-state index in [1.165, 1.54) is 27.1 Å². The van der Waals surface area contributed by atoms with Gasteiger partial charge in [-0.1, -0.05) is 91.0 Å². The number of rotatable bonds is 6. The molecule has 0 aliphatic carbocycles. The Hall–Kier alpha value is -2.21. The molecule has 0 unspecified atom stereocenters. The Bertz CT molecular complexity index is 845. The van der Waals surface area contributed by atoms with E-state index in [1.807, 2.05) is 0 Å². The van der Waals surface area contributed by atoms with Crippen molar-refractivity contribution in [3.63, 3.8) is 0 Å². The standard InChI is InChI=1S/C25H28NP/c1-20(18-22-12-11-13-23(19-22)21(2)26(3)4)27(24-14-7-5-8-15-24)25-16-9-6-10-17-25/h5-19,21H,1-4H3/b20-18-/t21-/m0/s1. The highest BCUT2D eigenvalue weighted by Gasteiger charge is 2.15. The molecular weight excluding hydrogens is 345 g/mol. The zero-order chi connectivity index (χ0) is 19.2. The highest BCUT2D eigenvalue weighted by Crippen LogP contribution is 2.43. The SMILES string of the molecule is C/C(=C/c1cccc([C@H](C)N(C)C)c1)P(c1ccccc1)c1ccccc1. The maximum absolute atomic E-state index is 2.36. The second kappa shape index (κ2) is 9.13. The number of nitrogens with zero attached hydrogens (tertiary/aromatic N) is 1. The molecule has 3 aromatic carbocycles. The summed E-state index contributed by atoms with van der Waals surface area (Å²) in [7, 11) is 3.73. The molecule has 0 aromatic heterocycles. The molecule has 0 saturated carbocycles. The van der Waals surface area contributed by atoms with E-state index in [2.05, 4.69) is 124 Å². The fraction of sp³-hybridized carbons (Fsp3) is 0.200. The third-order valence-corrected chi connectivity index (χ3v) is 7.39. The van der Waals surface area contributed by atoms with E-state index >= 15 is 0 Å². The molecule has 0 radical (unpaired) electrons. The topological polar surface area (TPSA) is 3.24 Å². The zero-order valence-corrected chi connectivity index (χ0v) is 17.5. The Kier molecular flexibility index (Phi) is 6.61. The third-order valence-electron chi connectivity index (χ3n) is 4.92. The van der Waals surface area contributed by atoms with Crippen molar-refractivity contribution >= 4 is 24.6 Å². The molecule has 1 nitrogen and oxygen atoms in total. The Morgan fingerprint density at radius 2 is 1.37 bits per heavy atom. The first-order chi connectivity index (χ1) is 13.1. The van der Waals surface area contributed by atoms with Crippen molar-refractivity contribution in [1.82, 2.24) is 4.90 Å². The summed E-state index contributed by atoms with van der Waals surface area (Å²) in [6.45, 7) is 4.52. The quantitative estimate of drug-likeness (QED) is 0.493. The Balaban J connectivity index is 2.00. The molecule has 0 aliphatic rings. The molecule has 138 valence electrons. The van der Waals surface area contributed by atoms with Crippen LogP contribution in [0.5, 0.6) is 0 Å². The second-order valence-electron chi connectivity index (χ2n) is 7.10. The minimum Gasteiger partial charge on any atom is -0.303 e. The first-order valence-corrected chi connectivity index (χ1v) is 10.8. The third kappa shape index (κ3) is 4.95. The summed E-state index contributed by atoms with van der Waals surface area (Å²) >= 11 is 0.